The van der Waals surface area contributed by atoms with Crippen molar-refractivity contribution in [2.75, 3.05) is 51.1 Å². The molecule has 0 bridgehead atoms. The van der Waals surface area contributed by atoms with Crippen LogP contribution in [0.25, 0.3) is 0 Å². The molecule has 4 aliphatic heterocycles. The summed E-state index contributed by atoms with van der Waals surface area (Å²) in [6.45, 7) is 9.66. The molecule has 2 N–H and O–H groups in total. The smallest absolute Gasteiger partial charge is 0.351 e. The number of benzene rings is 2. The van der Waals surface area contributed by atoms with E-state index in [0.717, 1.165) is 49.2 Å². The molecule has 0 spiro atoms. The SMILES string of the molecule is CCc1ccc(C[C@@H](NC(=O)ON2CCC(N3CCc4ccccc4NC3=O)CC2)C(=O)N2CC(N3CCCCC3)C2)cc1CC. The molecule has 10 nitrogen and oxygen atoms in total. The number of hydrogen-bond donors (Lipinski definition) is 2. The number of amides is 4. The Labute approximate surface area is 273 Å². The van der Waals surface area contributed by atoms with E-state index < -0.39 is 12.1 Å². The highest BCUT2D eigenvalue weighted by atomic mass is 16.7. The van der Waals surface area contributed by atoms with E-state index in [9.17, 15) is 14.4 Å². The average Bonchev–Trinajstić information content (AvgIpc) is 3.22. The summed E-state index contributed by atoms with van der Waals surface area (Å²) in [7, 11) is 0. The lowest BCUT2D eigenvalue weighted by Crippen LogP contribution is -2.65. The molecule has 4 heterocycles. The van der Waals surface area contributed by atoms with Crippen LogP contribution in [0.2, 0.25) is 0 Å². The van der Waals surface area contributed by atoms with E-state index in [2.05, 4.69) is 53.6 Å². The molecule has 3 fully saturated rings. The minimum Gasteiger partial charge on any atom is -0.351 e. The molecule has 0 aromatic heterocycles. The van der Waals surface area contributed by atoms with Gasteiger partial charge < -0.3 is 25.3 Å². The first-order valence-electron chi connectivity index (χ1n) is 17.4. The first kappa shape index (κ1) is 32.3. The van der Waals surface area contributed by atoms with Gasteiger partial charge >= 0.3 is 12.1 Å². The summed E-state index contributed by atoms with van der Waals surface area (Å²) in [6.07, 6.45) is 7.67. The normalized spacial score (nSPS) is 20.7. The van der Waals surface area contributed by atoms with E-state index in [0.29, 0.717) is 58.0 Å². The summed E-state index contributed by atoms with van der Waals surface area (Å²) in [5.41, 5.74) is 5.67. The number of carbonyl (C=O) groups excluding carboxylic acids is 3. The fourth-order valence-electron chi connectivity index (χ4n) is 7.56. The molecular weight excluding hydrogens is 580 g/mol. The molecular formula is C36H50N6O4. The lowest BCUT2D eigenvalue weighted by molar-refractivity contribution is -0.143. The predicted octanol–water partition coefficient (Wildman–Crippen LogP) is 4.62. The van der Waals surface area contributed by atoms with Crippen LogP contribution in [0.5, 0.6) is 0 Å². The molecule has 4 aliphatic rings. The maximum atomic E-state index is 13.8. The molecule has 2 aromatic rings. The molecule has 2 aromatic carbocycles. The Morgan fingerprint density at radius 1 is 0.913 bits per heavy atom. The molecule has 0 saturated carbocycles. The van der Waals surface area contributed by atoms with Gasteiger partial charge in [-0.05, 0) is 86.4 Å². The monoisotopic (exact) mass is 630 g/mol. The van der Waals surface area contributed by atoms with Crippen molar-refractivity contribution in [1.29, 1.82) is 0 Å². The van der Waals surface area contributed by atoms with Crippen molar-refractivity contribution in [1.82, 2.24) is 25.1 Å². The van der Waals surface area contributed by atoms with Gasteiger partial charge in [-0.15, -0.1) is 5.06 Å². The van der Waals surface area contributed by atoms with Gasteiger partial charge in [0.25, 0.3) is 0 Å². The molecule has 10 heteroatoms. The zero-order valence-electron chi connectivity index (χ0n) is 27.5. The number of carbonyl (C=O) groups is 3. The number of anilines is 1. The van der Waals surface area contributed by atoms with Crippen molar-refractivity contribution >= 4 is 23.7 Å². The third kappa shape index (κ3) is 7.50. The summed E-state index contributed by atoms with van der Waals surface area (Å²) in [5, 5.41) is 7.66. The van der Waals surface area contributed by atoms with Gasteiger partial charge in [0.05, 0.1) is 0 Å². The van der Waals surface area contributed by atoms with Gasteiger partial charge in [0.1, 0.15) is 6.04 Å². The first-order valence-corrected chi connectivity index (χ1v) is 17.4. The maximum Gasteiger partial charge on any atom is 0.426 e. The Hall–Kier alpha value is -3.63. The van der Waals surface area contributed by atoms with E-state index in [4.69, 9.17) is 4.84 Å². The molecule has 0 aliphatic carbocycles. The number of rotatable bonds is 9. The molecule has 1 atom stereocenters. The van der Waals surface area contributed by atoms with Gasteiger partial charge in [-0.25, -0.2) is 9.59 Å². The van der Waals surface area contributed by atoms with Crippen molar-refractivity contribution < 1.29 is 19.2 Å². The van der Waals surface area contributed by atoms with Crippen LogP contribution in [0.3, 0.4) is 0 Å². The second kappa shape index (κ2) is 14.9. The number of aryl methyl sites for hydroxylation is 2. The standard InChI is InChI=1S/C36H50N6O4/c1-3-27-13-12-26(22-28(27)4-2)23-33(34(43)40-24-31(25-40)39-17-8-5-9-18-39)38-36(45)46-41-19-15-30(16-20-41)42-21-14-29-10-6-7-11-32(29)37-35(42)44/h6-7,10-13,22,30-31,33H,3-5,8-9,14-21,23-25H2,1-2H3,(H,37,44)(H,38,45)/t33-/m1/s1. The van der Waals surface area contributed by atoms with Crippen molar-refractivity contribution in [2.24, 2.45) is 0 Å². The Balaban J connectivity index is 1.05. The highest BCUT2D eigenvalue weighted by Crippen LogP contribution is 2.25. The number of nitrogens with one attached hydrogen (secondary N) is 2. The van der Waals surface area contributed by atoms with Crippen LogP contribution < -0.4 is 10.6 Å². The van der Waals surface area contributed by atoms with Gasteiger partial charge in [0.2, 0.25) is 5.91 Å². The summed E-state index contributed by atoms with van der Waals surface area (Å²) in [5.74, 6) is -0.0466. The summed E-state index contributed by atoms with van der Waals surface area (Å²) < 4.78 is 0. The Morgan fingerprint density at radius 2 is 1.65 bits per heavy atom. The molecule has 0 radical (unpaired) electrons. The van der Waals surface area contributed by atoms with Crippen molar-refractivity contribution in [3.63, 3.8) is 0 Å². The molecule has 3 saturated heterocycles. The number of nitrogens with zero attached hydrogens (tertiary/aromatic N) is 4. The Kier molecular flexibility index (Phi) is 10.4. The summed E-state index contributed by atoms with van der Waals surface area (Å²) in [6, 6.07) is 14.1. The van der Waals surface area contributed by atoms with Gasteiger partial charge in [-0.2, -0.15) is 0 Å². The molecule has 46 heavy (non-hydrogen) atoms. The highest BCUT2D eigenvalue weighted by Gasteiger charge is 2.39. The van der Waals surface area contributed by atoms with Crippen LogP contribution in [0.4, 0.5) is 15.3 Å². The minimum atomic E-state index is -0.702. The van der Waals surface area contributed by atoms with E-state index in [-0.39, 0.29) is 18.0 Å². The topological polar surface area (TPSA) is 97.5 Å². The Morgan fingerprint density at radius 3 is 2.39 bits per heavy atom. The number of likely N-dealkylation sites (tertiary alicyclic amines) is 2. The van der Waals surface area contributed by atoms with Crippen molar-refractivity contribution in [3.05, 3.63) is 64.7 Å². The Bertz CT molecular complexity index is 1380. The van der Waals surface area contributed by atoms with Crippen LogP contribution in [-0.2, 0) is 35.3 Å². The van der Waals surface area contributed by atoms with E-state index >= 15 is 0 Å². The second-order valence-corrected chi connectivity index (χ2v) is 13.3. The highest BCUT2D eigenvalue weighted by molar-refractivity contribution is 5.91. The summed E-state index contributed by atoms with van der Waals surface area (Å²) >= 11 is 0. The number of piperidine rings is 2. The minimum absolute atomic E-state index is 0.0466. The maximum absolute atomic E-state index is 13.8. The number of hydrogen-bond acceptors (Lipinski definition) is 6. The fourth-order valence-corrected chi connectivity index (χ4v) is 7.56. The third-order valence-corrected chi connectivity index (χ3v) is 10.4. The third-order valence-electron chi connectivity index (χ3n) is 10.4. The van der Waals surface area contributed by atoms with Crippen molar-refractivity contribution in [3.8, 4) is 0 Å². The van der Waals surface area contributed by atoms with Crippen LogP contribution >= 0.6 is 0 Å². The number of hydroxylamine groups is 2. The number of para-hydroxylation sites is 1. The van der Waals surface area contributed by atoms with E-state index in [1.165, 1.54) is 30.4 Å². The summed E-state index contributed by atoms with van der Waals surface area (Å²) in [4.78, 5) is 52.2. The van der Waals surface area contributed by atoms with Gasteiger partial charge in [0, 0.05) is 56.9 Å². The fraction of sp³-hybridized carbons (Fsp3) is 0.583. The van der Waals surface area contributed by atoms with Crippen LogP contribution in [0, 0.1) is 0 Å². The van der Waals surface area contributed by atoms with E-state index in [1.54, 1.807) is 5.06 Å². The van der Waals surface area contributed by atoms with Gasteiger partial charge in [-0.1, -0.05) is 56.7 Å². The van der Waals surface area contributed by atoms with Gasteiger partial charge in [-0.3, -0.25) is 9.69 Å². The van der Waals surface area contributed by atoms with Crippen LogP contribution in [-0.4, -0.2) is 102 Å². The lowest BCUT2D eigenvalue weighted by Gasteiger charge is -2.47. The molecule has 4 amide bonds. The zero-order valence-corrected chi connectivity index (χ0v) is 27.5. The van der Waals surface area contributed by atoms with Crippen LogP contribution in [0.15, 0.2) is 42.5 Å². The molecule has 248 valence electrons. The second-order valence-electron chi connectivity index (χ2n) is 13.3. The van der Waals surface area contributed by atoms with Gasteiger partial charge in [0.15, 0.2) is 0 Å². The number of urea groups is 1. The first-order chi connectivity index (χ1) is 22.4. The quantitative estimate of drug-likeness (QED) is 0.420. The number of fused-ring (bicyclic) bond motifs is 1. The molecule has 6 rings (SSSR count). The average molecular weight is 631 g/mol. The largest absolute Gasteiger partial charge is 0.426 e. The lowest BCUT2D eigenvalue weighted by atomic mass is 9.95. The van der Waals surface area contributed by atoms with Crippen LogP contribution in [0.1, 0.15) is 68.2 Å². The predicted molar refractivity (Wildman–Crippen MR) is 179 cm³/mol. The van der Waals surface area contributed by atoms with E-state index in [1.807, 2.05) is 28.0 Å². The molecule has 0 unspecified atom stereocenters. The zero-order chi connectivity index (χ0) is 32.0. The van der Waals surface area contributed by atoms with Crippen molar-refractivity contribution in [2.45, 2.75) is 89.8 Å².